The minimum absolute atomic E-state index is 0.0348. The molecule has 0 spiro atoms. The van der Waals surface area contributed by atoms with Crippen molar-refractivity contribution in [3.8, 4) is 0 Å². The number of benzene rings is 1. The highest BCUT2D eigenvalue weighted by molar-refractivity contribution is 7.89. The molecule has 0 radical (unpaired) electrons. The van der Waals surface area contributed by atoms with E-state index < -0.39 is 10.0 Å². The van der Waals surface area contributed by atoms with Crippen molar-refractivity contribution >= 4 is 33.2 Å². The summed E-state index contributed by atoms with van der Waals surface area (Å²) in [4.78, 5) is 28.1. The van der Waals surface area contributed by atoms with Crippen molar-refractivity contribution < 1.29 is 18.0 Å². The van der Waals surface area contributed by atoms with E-state index in [0.29, 0.717) is 31.7 Å². The largest absolute Gasteiger partial charge is 0.341 e. The average Bonchev–Trinajstić information content (AvgIpc) is 3.49. The number of piperidine rings is 1. The minimum Gasteiger partial charge on any atom is -0.341 e. The molecule has 2 saturated heterocycles. The van der Waals surface area contributed by atoms with Crippen LogP contribution in [0.2, 0.25) is 0 Å². The van der Waals surface area contributed by atoms with Crippen molar-refractivity contribution in [2.75, 3.05) is 31.1 Å². The van der Waals surface area contributed by atoms with Crippen LogP contribution in [0.25, 0.3) is 5.65 Å². The smallest absolute Gasteiger partial charge is 0.241 e. The predicted molar refractivity (Wildman–Crippen MR) is 125 cm³/mol. The van der Waals surface area contributed by atoms with E-state index >= 15 is 0 Å². The molecule has 2 aliphatic rings. The van der Waals surface area contributed by atoms with Crippen molar-refractivity contribution in [2.24, 2.45) is 0 Å². The first kappa shape index (κ1) is 22.5. The molecule has 2 fully saturated rings. The number of fused-ring (bicyclic) bond motifs is 1. The zero-order chi connectivity index (χ0) is 23.7. The lowest BCUT2D eigenvalue weighted by Gasteiger charge is -2.32. The standard InChI is InChI=1S/C23H26N6O4S/c30-21-7-4-14-28(21)18-8-10-19(11-9-18)34(32,33)24-15-22(31)27-12-3-5-17(16-27)23-26-25-20-6-1-2-13-29(20)23/h1-2,6,8-11,13,17,24H,3-5,7,12,14-16H2/t17-/m0/s1. The summed E-state index contributed by atoms with van der Waals surface area (Å²) in [6.07, 6.45) is 4.91. The second kappa shape index (κ2) is 9.15. The van der Waals surface area contributed by atoms with Gasteiger partial charge in [0.25, 0.3) is 0 Å². The van der Waals surface area contributed by atoms with Crippen LogP contribution in [0.3, 0.4) is 0 Å². The molecule has 0 bridgehead atoms. The van der Waals surface area contributed by atoms with Gasteiger partial charge in [-0.15, -0.1) is 10.2 Å². The number of pyridine rings is 1. The Morgan fingerprint density at radius 2 is 1.88 bits per heavy atom. The Balaban J connectivity index is 1.21. The number of likely N-dealkylation sites (tertiary alicyclic amines) is 1. The van der Waals surface area contributed by atoms with Gasteiger partial charge >= 0.3 is 0 Å². The summed E-state index contributed by atoms with van der Waals surface area (Å²) in [6, 6.07) is 11.9. The van der Waals surface area contributed by atoms with Gasteiger partial charge < -0.3 is 9.80 Å². The number of sulfonamides is 1. The third-order valence-electron chi connectivity index (χ3n) is 6.42. The van der Waals surface area contributed by atoms with Gasteiger partial charge in [0.1, 0.15) is 5.82 Å². The number of carbonyl (C=O) groups is 2. The van der Waals surface area contributed by atoms with Crippen LogP contribution in [0.15, 0.2) is 53.6 Å². The van der Waals surface area contributed by atoms with Gasteiger partial charge in [-0.1, -0.05) is 6.07 Å². The van der Waals surface area contributed by atoms with E-state index in [4.69, 9.17) is 0 Å². The molecule has 34 heavy (non-hydrogen) atoms. The Morgan fingerprint density at radius 3 is 2.65 bits per heavy atom. The van der Waals surface area contributed by atoms with E-state index in [2.05, 4.69) is 14.9 Å². The number of hydrogen-bond acceptors (Lipinski definition) is 6. The van der Waals surface area contributed by atoms with Gasteiger partial charge in [0.15, 0.2) is 5.65 Å². The Kier molecular flexibility index (Phi) is 6.05. The summed E-state index contributed by atoms with van der Waals surface area (Å²) < 4.78 is 29.8. The fraction of sp³-hybridized carbons (Fsp3) is 0.391. The van der Waals surface area contributed by atoms with Crippen LogP contribution in [0.4, 0.5) is 5.69 Å². The highest BCUT2D eigenvalue weighted by atomic mass is 32.2. The predicted octanol–water partition coefficient (Wildman–Crippen LogP) is 1.54. The number of anilines is 1. The van der Waals surface area contributed by atoms with Crippen LogP contribution >= 0.6 is 0 Å². The van der Waals surface area contributed by atoms with E-state index in [1.807, 2.05) is 28.8 Å². The first-order valence-electron chi connectivity index (χ1n) is 11.4. The molecule has 0 saturated carbocycles. The van der Waals surface area contributed by atoms with Gasteiger partial charge in [-0.2, -0.15) is 0 Å². The quantitative estimate of drug-likeness (QED) is 0.570. The molecule has 4 heterocycles. The lowest BCUT2D eigenvalue weighted by Crippen LogP contribution is -2.44. The molecule has 2 amide bonds. The molecule has 1 N–H and O–H groups in total. The highest BCUT2D eigenvalue weighted by Gasteiger charge is 2.29. The first-order valence-corrected chi connectivity index (χ1v) is 12.9. The molecule has 2 aliphatic heterocycles. The first-order chi connectivity index (χ1) is 16.4. The number of aromatic nitrogens is 3. The number of amides is 2. The zero-order valence-corrected chi connectivity index (χ0v) is 19.4. The number of carbonyl (C=O) groups excluding carboxylic acids is 2. The van der Waals surface area contributed by atoms with Crippen molar-refractivity contribution in [1.29, 1.82) is 0 Å². The van der Waals surface area contributed by atoms with Gasteiger partial charge in [0.05, 0.1) is 11.4 Å². The summed E-state index contributed by atoms with van der Waals surface area (Å²) in [7, 11) is -3.86. The Hall–Kier alpha value is -3.31. The molecule has 1 atom stereocenters. The number of nitrogens with one attached hydrogen (secondary N) is 1. The number of nitrogens with zero attached hydrogens (tertiary/aromatic N) is 5. The molecule has 178 valence electrons. The van der Waals surface area contributed by atoms with E-state index in [1.54, 1.807) is 21.9 Å². The van der Waals surface area contributed by atoms with E-state index in [9.17, 15) is 18.0 Å². The number of rotatable bonds is 6. The molecular weight excluding hydrogens is 456 g/mol. The normalized spacial score (nSPS) is 19.2. The summed E-state index contributed by atoms with van der Waals surface area (Å²) in [5, 5.41) is 8.51. The highest BCUT2D eigenvalue weighted by Crippen LogP contribution is 2.26. The monoisotopic (exact) mass is 482 g/mol. The van der Waals surface area contributed by atoms with Crippen LogP contribution in [0.1, 0.15) is 37.4 Å². The van der Waals surface area contributed by atoms with E-state index in [0.717, 1.165) is 30.7 Å². The lowest BCUT2D eigenvalue weighted by molar-refractivity contribution is -0.131. The topological polar surface area (TPSA) is 117 Å². The van der Waals surface area contributed by atoms with Gasteiger partial charge in [-0.3, -0.25) is 14.0 Å². The summed E-state index contributed by atoms with van der Waals surface area (Å²) in [5.74, 6) is 0.609. The van der Waals surface area contributed by atoms with Gasteiger partial charge in [0.2, 0.25) is 21.8 Å². The molecule has 10 nitrogen and oxygen atoms in total. The number of hydrogen-bond donors (Lipinski definition) is 1. The third kappa shape index (κ3) is 4.40. The molecule has 3 aromatic rings. The Bertz CT molecular complexity index is 1320. The average molecular weight is 483 g/mol. The fourth-order valence-electron chi connectivity index (χ4n) is 4.63. The lowest BCUT2D eigenvalue weighted by atomic mass is 9.97. The third-order valence-corrected chi connectivity index (χ3v) is 7.84. The zero-order valence-electron chi connectivity index (χ0n) is 18.6. The molecule has 1 aromatic carbocycles. The second-order valence-electron chi connectivity index (χ2n) is 8.63. The maximum atomic E-state index is 12.8. The van der Waals surface area contributed by atoms with Gasteiger partial charge in [-0.05, 0) is 55.7 Å². The summed E-state index contributed by atoms with van der Waals surface area (Å²) in [6.45, 7) is 1.36. The van der Waals surface area contributed by atoms with Gasteiger partial charge in [0, 0.05) is 43.9 Å². The van der Waals surface area contributed by atoms with Crippen molar-refractivity contribution in [3.63, 3.8) is 0 Å². The molecule has 0 unspecified atom stereocenters. The Morgan fingerprint density at radius 1 is 1.06 bits per heavy atom. The molecule has 0 aliphatic carbocycles. The Labute approximate surface area is 197 Å². The molecule has 2 aromatic heterocycles. The van der Waals surface area contributed by atoms with Crippen LogP contribution in [0, 0.1) is 0 Å². The fourth-order valence-corrected chi connectivity index (χ4v) is 5.61. The SMILES string of the molecule is O=C(CNS(=O)(=O)c1ccc(N2CCCC2=O)cc1)N1CCC[C@H](c2nnc3ccccn23)C1. The van der Waals surface area contributed by atoms with E-state index in [-0.39, 0.29) is 29.2 Å². The van der Waals surface area contributed by atoms with Crippen LogP contribution in [-0.4, -0.2) is 65.9 Å². The van der Waals surface area contributed by atoms with Crippen molar-refractivity contribution in [1.82, 2.24) is 24.2 Å². The maximum absolute atomic E-state index is 12.8. The summed E-state index contributed by atoms with van der Waals surface area (Å²) >= 11 is 0. The summed E-state index contributed by atoms with van der Waals surface area (Å²) in [5.41, 5.74) is 1.44. The minimum atomic E-state index is -3.86. The van der Waals surface area contributed by atoms with Crippen LogP contribution in [0.5, 0.6) is 0 Å². The van der Waals surface area contributed by atoms with Crippen LogP contribution in [-0.2, 0) is 19.6 Å². The van der Waals surface area contributed by atoms with E-state index in [1.165, 1.54) is 12.1 Å². The molecule has 5 rings (SSSR count). The second-order valence-corrected chi connectivity index (χ2v) is 10.4. The van der Waals surface area contributed by atoms with Crippen molar-refractivity contribution in [2.45, 2.75) is 36.5 Å². The maximum Gasteiger partial charge on any atom is 0.241 e. The van der Waals surface area contributed by atoms with Crippen LogP contribution < -0.4 is 9.62 Å². The molecule has 11 heteroatoms. The molecular formula is C23H26N6O4S. The van der Waals surface area contributed by atoms with Gasteiger partial charge in [-0.25, -0.2) is 13.1 Å². The van der Waals surface area contributed by atoms with Crippen molar-refractivity contribution in [3.05, 3.63) is 54.5 Å².